The molecule has 7 heteroatoms. The molecule has 0 radical (unpaired) electrons. The molecule has 1 heterocycles. The lowest BCUT2D eigenvalue weighted by molar-refractivity contribution is -0.123. The Bertz CT molecular complexity index is 956. The van der Waals surface area contributed by atoms with Crippen LogP contribution < -0.4 is 9.47 Å². The van der Waals surface area contributed by atoms with Crippen molar-refractivity contribution < 1.29 is 19.1 Å². The number of thioether (sulfide) groups is 1. The van der Waals surface area contributed by atoms with Gasteiger partial charge >= 0.3 is 0 Å². The molecule has 1 saturated heterocycles. The van der Waals surface area contributed by atoms with Crippen LogP contribution in [-0.2, 0) is 11.3 Å². The van der Waals surface area contributed by atoms with Crippen LogP contribution in [0.2, 0.25) is 0 Å². The molecule has 0 unspecified atom stereocenters. The maximum absolute atomic E-state index is 12.8. The van der Waals surface area contributed by atoms with Gasteiger partial charge in [0, 0.05) is 4.47 Å². The Labute approximate surface area is 182 Å². The highest BCUT2D eigenvalue weighted by atomic mass is 79.9. The van der Waals surface area contributed by atoms with Crippen molar-refractivity contribution in [1.82, 2.24) is 4.90 Å². The topological polar surface area (TPSA) is 55.8 Å². The summed E-state index contributed by atoms with van der Waals surface area (Å²) in [6, 6.07) is 12.9. The Balaban J connectivity index is 1.80. The van der Waals surface area contributed by atoms with Crippen LogP contribution in [0.3, 0.4) is 0 Å². The van der Waals surface area contributed by atoms with Crippen molar-refractivity contribution in [3.63, 3.8) is 0 Å². The molecule has 29 heavy (non-hydrogen) atoms. The number of rotatable bonds is 8. The lowest BCUT2D eigenvalue weighted by Gasteiger charge is -2.12. The SMILES string of the molecule is C=CCOc1ccc(/C=C2\SC(=O)N(Cc3ccc(Br)cc3)C2=O)cc1OCC. The van der Waals surface area contributed by atoms with E-state index in [-0.39, 0.29) is 17.7 Å². The van der Waals surface area contributed by atoms with Crippen LogP contribution in [0.5, 0.6) is 11.5 Å². The van der Waals surface area contributed by atoms with E-state index in [4.69, 9.17) is 9.47 Å². The van der Waals surface area contributed by atoms with Crippen molar-refractivity contribution in [2.24, 2.45) is 0 Å². The molecule has 0 N–H and O–H groups in total. The van der Waals surface area contributed by atoms with Gasteiger partial charge in [0.15, 0.2) is 11.5 Å². The van der Waals surface area contributed by atoms with Gasteiger partial charge in [0.1, 0.15) is 6.61 Å². The first kappa shape index (κ1) is 21.2. The van der Waals surface area contributed by atoms with Crippen LogP contribution in [0.1, 0.15) is 18.1 Å². The minimum atomic E-state index is -0.298. The molecule has 0 atom stereocenters. The highest BCUT2D eigenvalue weighted by Gasteiger charge is 2.35. The summed E-state index contributed by atoms with van der Waals surface area (Å²) in [6.45, 7) is 6.62. The highest BCUT2D eigenvalue weighted by molar-refractivity contribution is 9.10. The average Bonchev–Trinajstić information content (AvgIpc) is 2.96. The monoisotopic (exact) mass is 473 g/mol. The number of carbonyl (C=O) groups excluding carboxylic acids is 2. The normalized spacial score (nSPS) is 15.1. The molecule has 5 nitrogen and oxygen atoms in total. The lowest BCUT2D eigenvalue weighted by atomic mass is 10.1. The van der Waals surface area contributed by atoms with Crippen molar-refractivity contribution in [3.05, 3.63) is 75.6 Å². The molecular formula is C22H20BrNO4S. The molecule has 2 amide bonds. The fourth-order valence-corrected chi connectivity index (χ4v) is 3.81. The summed E-state index contributed by atoms with van der Waals surface area (Å²) in [5.41, 5.74) is 1.65. The van der Waals surface area contributed by atoms with E-state index < -0.39 is 0 Å². The molecule has 0 saturated carbocycles. The van der Waals surface area contributed by atoms with Crippen molar-refractivity contribution in [2.75, 3.05) is 13.2 Å². The molecule has 3 rings (SSSR count). The third kappa shape index (κ3) is 5.31. The van der Waals surface area contributed by atoms with Gasteiger partial charge in [0.05, 0.1) is 18.1 Å². The van der Waals surface area contributed by atoms with Gasteiger partial charge in [-0.15, -0.1) is 0 Å². The number of amides is 2. The number of imide groups is 1. The van der Waals surface area contributed by atoms with Crippen LogP contribution in [0.4, 0.5) is 4.79 Å². The molecule has 0 spiro atoms. The third-order valence-electron chi connectivity index (χ3n) is 4.05. The predicted molar refractivity (Wildman–Crippen MR) is 119 cm³/mol. The van der Waals surface area contributed by atoms with Gasteiger partial charge in [-0.2, -0.15) is 0 Å². The van der Waals surface area contributed by atoms with E-state index in [1.54, 1.807) is 24.3 Å². The third-order valence-corrected chi connectivity index (χ3v) is 5.49. The first-order chi connectivity index (χ1) is 14.0. The number of nitrogens with zero attached hydrogens (tertiary/aromatic N) is 1. The van der Waals surface area contributed by atoms with E-state index in [1.165, 1.54) is 4.90 Å². The zero-order valence-electron chi connectivity index (χ0n) is 15.9. The van der Waals surface area contributed by atoms with Crippen molar-refractivity contribution in [2.45, 2.75) is 13.5 Å². The summed E-state index contributed by atoms with van der Waals surface area (Å²) < 4.78 is 12.2. The van der Waals surface area contributed by atoms with E-state index >= 15 is 0 Å². The molecule has 2 aromatic carbocycles. The molecule has 0 aliphatic carbocycles. The zero-order chi connectivity index (χ0) is 20.8. The quantitative estimate of drug-likeness (QED) is 0.366. The maximum atomic E-state index is 12.8. The number of hydrogen-bond acceptors (Lipinski definition) is 5. The summed E-state index contributed by atoms with van der Waals surface area (Å²) in [7, 11) is 0. The van der Waals surface area contributed by atoms with Crippen molar-refractivity contribution in [3.8, 4) is 11.5 Å². The molecular weight excluding hydrogens is 454 g/mol. The Morgan fingerprint density at radius 2 is 1.86 bits per heavy atom. The fourth-order valence-electron chi connectivity index (χ4n) is 2.71. The van der Waals surface area contributed by atoms with Crippen LogP contribution in [0.25, 0.3) is 6.08 Å². The standard InChI is InChI=1S/C22H20BrNO4S/c1-3-11-28-18-10-7-16(12-19(18)27-4-2)13-20-21(25)24(22(26)29-20)14-15-5-8-17(23)9-6-15/h3,5-10,12-13H,1,4,11,14H2,2H3/b20-13-. The first-order valence-corrected chi connectivity index (χ1v) is 10.6. The smallest absolute Gasteiger partial charge is 0.293 e. The van der Waals surface area contributed by atoms with Crippen molar-refractivity contribution >= 4 is 44.9 Å². The van der Waals surface area contributed by atoms with Gasteiger partial charge in [-0.1, -0.05) is 46.8 Å². The Morgan fingerprint density at radius 3 is 2.55 bits per heavy atom. The number of benzene rings is 2. The zero-order valence-corrected chi connectivity index (χ0v) is 18.3. The van der Waals surface area contributed by atoms with Gasteiger partial charge in [0.25, 0.3) is 11.1 Å². The van der Waals surface area contributed by atoms with Gasteiger partial charge in [-0.05, 0) is 60.2 Å². The second kappa shape index (κ2) is 9.80. The minimum absolute atomic E-state index is 0.244. The fraction of sp³-hybridized carbons (Fsp3) is 0.182. The molecule has 0 bridgehead atoms. The van der Waals surface area contributed by atoms with Crippen LogP contribution in [0, 0.1) is 0 Å². The summed E-state index contributed by atoms with van der Waals surface area (Å²) >= 11 is 4.32. The summed E-state index contributed by atoms with van der Waals surface area (Å²) in [5.74, 6) is 0.886. The number of halogens is 1. The Kier molecular flexibility index (Phi) is 7.17. The number of hydrogen-bond donors (Lipinski definition) is 0. The lowest BCUT2D eigenvalue weighted by Crippen LogP contribution is -2.27. The summed E-state index contributed by atoms with van der Waals surface area (Å²) in [5, 5.41) is -0.278. The summed E-state index contributed by atoms with van der Waals surface area (Å²) in [6.07, 6.45) is 3.36. The molecule has 1 aliphatic rings. The average molecular weight is 474 g/mol. The van der Waals surface area contributed by atoms with Crippen LogP contribution in [0.15, 0.2) is 64.5 Å². The first-order valence-electron chi connectivity index (χ1n) is 9.02. The number of carbonyl (C=O) groups is 2. The second-order valence-corrected chi connectivity index (χ2v) is 8.04. The van der Waals surface area contributed by atoms with Gasteiger partial charge in [-0.3, -0.25) is 14.5 Å². The molecule has 0 aromatic heterocycles. The van der Waals surface area contributed by atoms with Crippen LogP contribution >= 0.6 is 27.7 Å². The molecule has 1 fully saturated rings. The summed E-state index contributed by atoms with van der Waals surface area (Å²) in [4.78, 5) is 26.8. The maximum Gasteiger partial charge on any atom is 0.293 e. The molecule has 2 aromatic rings. The Hall–Kier alpha value is -2.51. The minimum Gasteiger partial charge on any atom is -0.490 e. The van der Waals surface area contributed by atoms with Gasteiger partial charge in [0.2, 0.25) is 0 Å². The number of ether oxygens (including phenoxy) is 2. The van der Waals surface area contributed by atoms with E-state index in [9.17, 15) is 9.59 Å². The molecule has 1 aliphatic heterocycles. The van der Waals surface area contributed by atoms with Crippen molar-refractivity contribution in [1.29, 1.82) is 0 Å². The van der Waals surface area contributed by atoms with Gasteiger partial charge < -0.3 is 9.47 Å². The predicted octanol–water partition coefficient (Wildman–Crippen LogP) is 5.65. The van der Waals surface area contributed by atoms with Gasteiger partial charge in [-0.25, -0.2) is 0 Å². The van der Waals surface area contributed by atoms with E-state index in [0.29, 0.717) is 29.6 Å². The largest absolute Gasteiger partial charge is 0.490 e. The highest BCUT2D eigenvalue weighted by Crippen LogP contribution is 2.35. The van der Waals surface area contributed by atoms with Crippen LogP contribution in [-0.4, -0.2) is 29.3 Å². The Morgan fingerprint density at radius 1 is 1.10 bits per heavy atom. The molecule has 150 valence electrons. The van der Waals surface area contributed by atoms with E-state index in [0.717, 1.165) is 27.4 Å². The second-order valence-electron chi connectivity index (χ2n) is 6.13. The van der Waals surface area contributed by atoms with E-state index in [2.05, 4.69) is 22.5 Å². The van der Waals surface area contributed by atoms with E-state index in [1.807, 2.05) is 37.3 Å².